The van der Waals surface area contributed by atoms with Gasteiger partial charge in [-0.2, -0.15) is 0 Å². The van der Waals surface area contributed by atoms with E-state index in [4.69, 9.17) is 0 Å². The Morgan fingerprint density at radius 1 is 0.340 bits per heavy atom. The number of allylic oxidation sites excluding steroid dienone is 4. The molecular formula is C94H164N2Ni. The van der Waals surface area contributed by atoms with E-state index < -0.39 is 0 Å². The van der Waals surface area contributed by atoms with Crippen molar-refractivity contribution in [2.45, 2.75) is 476 Å². The smallest absolute Gasteiger partial charge is 0.0654 e. The molecule has 2 aromatic rings. The fourth-order valence-corrected chi connectivity index (χ4v) is 15.5. The molecule has 0 atom stereocenters. The van der Waals surface area contributed by atoms with Crippen molar-refractivity contribution in [3.05, 3.63) is 100 Å². The van der Waals surface area contributed by atoms with Gasteiger partial charge in [0.25, 0.3) is 0 Å². The molecule has 97 heavy (non-hydrogen) atoms. The first-order valence-electron chi connectivity index (χ1n) is 43.8. The van der Waals surface area contributed by atoms with Gasteiger partial charge in [-0.15, -0.1) is 11.8 Å². The van der Waals surface area contributed by atoms with Gasteiger partial charge >= 0.3 is 166 Å². The summed E-state index contributed by atoms with van der Waals surface area (Å²) in [7, 11) is 0. The van der Waals surface area contributed by atoms with E-state index in [1.165, 1.54) is 412 Å². The second kappa shape index (κ2) is 73.1. The minimum Gasteiger partial charge on any atom is -0.0654 e. The number of nitrogens with zero attached hydrogens (tertiary/aromatic N) is 2. The summed E-state index contributed by atoms with van der Waals surface area (Å²) in [6, 6.07) is 17.3. The molecule has 0 radical (unpaired) electrons. The Kier molecular flexibility index (Phi) is 68.1. The normalized spacial score (nSPS) is 12.3. The molecule has 0 aromatic heterocycles. The fourth-order valence-electron chi connectivity index (χ4n) is 14.3. The predicted octanol–water partition coefficient (Wildman–Crippen LogP) is 33.5. The van der Waals surface area contributed by atoms with E-state index in [2.05, 4.69) is 113 Å². The molecular weight excluding hydrogens is 1220 g/mol. The van der Waals surface area contributed by atoms with Gasteiger partial charge in [0.15, 0.2) is 0 Å². The maximum atomic E-state index is 11.7. The van der Waals surface area contributed by atoms with E-state index in [0.717, 1.165) is 73.0 Å². The zero-order valence-electron chi connectivity index (χ0n) is 65.9. The van der Waals surface area contributed by atoms with Crippen LogP contribution in [-0.4, -0.2) is 4.70 Å². The Morgan fingerprint density at radius 3 is 1.05 bits per heavy atom. The first-order valence-corrected chi connectivity index (χ1v) is 45.2. The number of aryl methyl sites for hydroxylation is 2. The van der Waals surface area contributed by atoms with Crippen LogP contribution in [0.4, 0.5) is 0 Å². The Morgan fingerprint density at radius 2 is 0.680 bits per heavy atom. The van der Waals surface area contributed by atoms with Gasteiger partial charge in [-0.25, -0.2) is 4.70 Å². The average molecular weight is 1380 g/mol. The SMILES string of the molecule is CCCC=CC1=C(c2ccccc2CCCC#CCCCCCCCCCCCCCCCCCCCCCCCC)[N+](=[N-])C(c2cccc(CCCC)c2)=C1.CCCCCCCCCCCCCCCCCCC[CH2][Ni][CH2]CCCCCCCCCCCCCCCCCCC. The second-order valence-electron chi connectivity index (χ2n) is 30.2. The first-order chi connectivity index (χ1) is 48.1. The summed E-state index contributed by atoms with van der Waals surface area (Å²) in [6.07, 6.45) is 101. The van der Waals surface area contributed by atoms with Crippen LogP contribution in [-0.2, 0) is 27.3 Å². The van der Waals surface area contributed by atoms with Crippen molar-refractivity contribution in [1.82, 2.24) is 0 Å². The van der Waals surface area contributed by atoms with Gasteiger partial charge in [-0.1, -0.05) is 315 Å². The molecule has 3 rings (SSSR count). The Labute approximate surface area is 614 Å². The van der Waals surface area contributed by atoms with Crippen LogP contribution in [0.1, 0.15) is 474 Å². The van der Waals surface area contributed by atoms with Crippen molar-refractivity contribution in [2.24, 2.45) is 0 Å². The summed E-state index contributed by atoms with van der Waals surface area (Å²) in [6.45, 7) is 11.4. The number of rotatable bonds is 71. The summed E-state index contributed by atoms with van der Waals surface area (Å²) in [5.74, 6) is 6.93. The molecule has 2 aromatic carbocycles. The van der Waals surface area contributed by atoms with E-state index >= 15 is 0 Å². The van der Waals surface area contributed by atoms with E-state index in [1.54, 1.807) is 0 Å². The number of benzene rings is 2. The molecule has 1 aliphatic heterocycles. The van der Waals surface area contributed by atoms with Gasteiger partial charge in [0, 0.05) is 30.0 Å². The van der Waals surface area contributed by atoms with Crippen LogP contribution in [0.5, 0.6) is 0 Å². The van der Waals surface area contributed by atoms with Crippen molar-refractivity contribution < 1.29 is 19.1 Å². The van der Waals surface area contributed by atoms with E-state index in [-0.39, 0.29) is 0 Å². The summed E-state index contributed by atoms with van der Waals surface area (Å²) in [4.78, 5) is 0. The van der Waals surface area contributed by atoms with Gasteiger partial charge in [0.05, 0.1) is 5.57 Å². The molecule has 1 heterocycles. The van der Waals surface area contributed by atoms with Crippen molar-refractivity contribution in [1.29, 1.82) is 0 Å². The molecule has 0 bridgehead atoms. The average Bonchev–Trinajstić information content (AvgIpc) is 1.64. The molecule has 0 saturated carbocycles. The van der Waals surface area contributed by atoms with Gasteiger partial charge in [0.2, 0.25) is 11.4 Å². The standard InChI is InChI=1S/C54H82N2.2C20H41.Ni/c1-4-7-10-11-12-13-14-15-16-17-18-19-20-21-22-23-24-25-26-27-28-29-30-31-32-33-35-41-49-42-36-37-45-52(49)54-51(43-34-8-5-2)47-53(56(54)55)50-44-38-40-48(46-50)39-9-6-3;2*1-3-5-7-9-11-13-15-17-19-20-18-16-14-12-10-8-6-4-2;/h34,36-38,40,42-47H,4-30,33,35,39,41H2,1-3H3;2*1,3-20H2,2H3;. The number of unbranched alkanes of at least 4 members (excludes halogenated alkanes) is 59. The third-order valence-electron chi connectivity index (χ3n) is 20.8. The molecule has 560 valence electrons. The minimum absolute atomic E-state index is 0.852. The van der Waals surface area contributed by atoms with E-state index in [0.29, 0.717) is 0 Å². The molecule has 0 spiro atoms. The summed E-state index contributed by atoms with van der Waals surface area (Å²) < 4.78 is 1.44. The first kappa shape index (κ1) is 90.4. The molecule has 0 aliphatic carbocycles. The number of hydrogen-bond acceptors (Lipinski definition) is 0. The predicted molar refractivity (Wildman–Crippen MR) is 434 cm³/mol. The molecule has 0 N–H and O–H groups in total. The van der Waals surface area contributed by atoms with Crippen molar-refractivity contribution in [3.63, 3.8) is 0 Å². The third kappa shape index (κ3) is 55.6. The monoisotopic (exact) mass is 1380 g/mol. The molecule has 0 unspecified atom stereocenters. The van der Waals surface area contributed by atoms with Crippen molar-refractivity contribution >= 4 is 11.4 Å². The van der Waals surface area contributed by atoms with Gasteiger partial charge in [0.1, 0.15) is 0 Å². The van der Waals surface area contributed by atoms with Crippen LogP contribution < -0.4 is 0 Å². The van der Waals surface area contributed by atoms with Crippen LogP contribution in [0.15, 0.2) is 72.3 Å². The maximum absolute atomic E-state index is 11.7. The topological polar surface area (TPSA) is 25.3 Å². The summed E-state index contributed by atoms with van der Waals surface area (Å²) >= 11 is 2.05. The van der Waals surface area contributed by atoms with E-state index in [9.17, 15) is 5.53 Å². The number of hydrogen-bond donors (Lipinski definition) is 0. The summed E-state index contributed by atoms with van der Waals surface area (Å²) in [5.41, 5.74) is 19.3. The molecule has 1 aliphatic rings. The Bertz CT molecular complexity index is 2130. The second-order valence-corrected chi connectivity index (χ2v) is 31.7. The zero-order chi connectivity index (χ0) is 69.3. The summed E-state index contributed by atoms with van der Waals surface area (Å²) in [5, 5.41) is 2.87. The van der Waals surface area contributed by atoms with Crippen molar-refractivity contribution in [3.8, 4) is 11.8 Å². The minimum atomic E-state index is 0.852. The van der Waals surface area contributed by atoms with Gasteiger partial charge < -0.3 is 5.53 Å². The molecule has 2 nitrogen and oxygen atoms in total. The van der Waals surface area contributed by atoms with Crippen LogP contribution in [0, 0.1) is 11.8 Å². The molecule has 0 fully saturated rings. The zero-order valence-corrected chi connectivity index (χ0v) is 66.8. The van der Waals surface area contributed by atoms with Crippen LogP contribution in [0.3, 0.4) is 0 Å². The Balaban J connectivity index is 0.000000695. The fraction of sp³-hybridized carbons (Fsp3) is 0.787. The molecule has 0 saturated heterocycles. The quantitative estimate of drug-likeness (QED) is 0.0273. The Hall–Kier alpha value is -2.69. The molecule has 3 heteroatoms. The molecule has 0 amide bonds. The van der Waals surface area contributed by atoms with Crippen LogP contribution in [0.25, 0.3) is 16.9 Å². The van der Waals surface area contributed by atoms with Crippen LogP contribution >= 0.6 is 0 Å². The van der Waals surface area contributed by atoms with E-state index in [1.807, 2.05) is 14.4 Å². The van der Waals surface area contributed by atoms with Crippen molar-refractivity contribution in [2.75, 3.05) is 0 Å². The third-order valence-corrected chi connectivity index (χ3v) is 22.2. The van der Waals surface area contributed by atoms with Gasteiger partial charge in [-0.3, -0.25) is 0 Å². The van der Waals surface area contributed by atoms with Gasteiger partial charge in [-0.05, 0) is 67.9 Å². The van der Waals surface area contributed by atoms with Crippen LogP contribution in [0.2, 0.25) is 10.8 Å².